The second-order valence-electron chi connectivity index (χ2n) is 10.6. The number of nitrogens with one attached hydrogen (secondary N) is 2. The molecule has 1 aliphatic rings. The van der Waals surface area contributed by atoms with Gasteiger partial charge in [0.2, 0.25) is 18.2 Å². The van der Waals surface area contributed by atoms with Gasteiger partial charge in [0.1, 0.15) is 0 Å². The van der Waals surface area contributed by atoms with Gasteiger partial charge in [0, 0.05) is 18.7 Å². The van der Waals surface area contributed by atoms with Gasteiger partial charge in [0.15, 0.2) is 0 Å². The Morgan fingerprint density at radius 3 is 2.05 bits per heavy atom. The summed E-state index contributed by atoms with van der Waals surface area (Å²) in [7, 11) is 1.64. The highest BCUT2D eigenvalue weighted by molar-refractivity contribution is 5.93. The molecule has 1 aromatic rings. The van der Waals surface area contributed by atoms with Crippen LogP contribution in [0.1, 0.15) is 85.8 Å². The molecule has 0 unspecified atom stereocenters. The van der Waals surface area contributed by atoms with E-state index >= 15 is 0 Å². The predicted octanol–water partition coefficient (Wildman–Crippen LogP) is 4.31. The molecule has 39 heavy (non-hydrogen) atoms. The quantitative estimate of drug-likeness (QED) is 0.284. The van der Waals surface area contributed by atoms with Crippen LogP contribution in [0, 0.1) is 5.92 Å². The van der Waals surface area contributed by atoms with Crippen LogP contribution < -0.4 is 10.6 Å². The molecule has 0 bridgehead atoms. The molecular weight excluding hydrogens is 492 g/mol. The molecule has 0 aromatic heterocycles. The Bertz CT molecular complexity index is 836. The summed E-state index contributed by atoms with van der Waals surface area (Å²) in [4.78, 5) is 39.2. The SMILES string of the molecule is C/C(=C\[C@H](C(C)C)N(C)C(=O)CNC=O)C(=O)N[C@@H](CO)c1ccccc1.CC(C)N1CCCCC1.CCC. The topological polar surface area (TPSA) is 102 Å². The molecule has 3 N–H and O–H groups in total. The van der Waals surface area contributed by atoms with E-state index in [2.05, 4.69) is 43.2 Å². The molecule has 0 spiro atoms. The third-order valence-corrected chi connectivity index (χ3v) is 6.45. The number of likely N-dealkylation sites (tertiary alicyclic amines) is 1. The number of benzene rings is 1. The zero-order valence-corrected chi connectivity index (χ0v) is 25.6. The van der Waals surface area contributed by atoms with Gasteiger partial charge in [0.25, 0.3) is 0 Å². The van der Waals surface area contributed by atoms with Gasteiger partial charge in [-0.25, -0.2) is 0 Å². The first-order valence-corrected chi connectivity index (χ1v) is 14.4. The molecule has 8 heteroatoms. The Morgan fingerprint density at radius 1 is 1.05 bits per heavy atom. The molecule has 0 saturated carbocycles. The molecule has 222 valence electrons. The minimum atomic E-state index is -0.504. The van der Waals surface area contributed by atoms with Crippen molar-refractivity contribution in [2.75, 3.05) is 33.3 Å². The lowest BCUT2D eigenvalue weighted by atomic mass is 9.99. The minimum Gasteiger partial charge on any atom is -0.394 e. The number of aliphatic hydroxyl groups is 1. The first-order valence-electron chi connectivity index (χ1n) is 14.4. The van der Waals surface area contributed by atoms with Crippen LogP contribution in [-0.2, 0) is 14.4 Å². The van der Waals surface area contributed by atoms with E-state index in [1.54, 1.807) is 20.0 Å². The van der Waals surface area contributed by atoms with Crippen LogP contribution >= 0.6 is 0 Å². The summed E-state index contributed by atoms with van der Waals surface area (Å²) in [5.74, 6) is -0.487. The highest BCUT2D eigenvalue weighted by Crippen LogP contribution is 2.16. The van der Waals surface area contributed by atoms with Crippen molar-refractivity contribution in [3.63, 3.8) is 0 Å². The van der Waals surface area contributed by atoms with Gasteiger partial charge in [0.05, 0.1) is 25.2 Å². The summed E-state index contributed by atoms with van der Waals surface area (Å²) in [6, 6.07) is 9.19. The highest BCUT2D eigenvalue weighted by Gasteiger charge is 2.23. The van der Waals surface area contributed by atoms with Gasteiger partial charge in [-0.05, 0) is 58.2 Å². The molecule has 1 aromatic carbocycles. The van der Waals surface area contributed by atoms with E-state index in [9.17, 15) is 19.5 Å². The second-order valence-corrected chi connectivity index (χ2v) is 10.6. The molecule has 8 nitrogen and oxygen atoms in total. The minimum absolute atomic E-state index is 0.0701. The molecule has 1 saturated heterocycles. The van der Waals surface area contributed by atoms with Gasteiger partial charge in [-0.3, -0.25) is 14.4 Å². The molecular formula is C31H54N4O4. The summed E-state index contributed by atoms with van der Waals surface area (Å²) in [6.45, 7) is 16.7. The molecule has 3 amide bonds. The van der Waals surface area contributed by atoms with Gasteiger partial charge in [-0.2, -0.15) is 0 Å². The van der Waals surface area contributed by atoms with Crippen molar-refractivity contribution in [2.24, 2.45) is 5.92 Å². The number of aliphatic hydroxyl groups excluding tert-OH is 1. The van der Waals surface area contributed by atoms with E-state index in [1.807, 2.05) is 44.2 Å². The Hall–Kier alpha value is -2.71. The average Bonchev–Trinajstić information content (AvgIpc) is 2.94. The van der Waals surface area contributed by atoms with Crippen LogP contribution in [-0.4, -0.2) is 78.5 Å². The monoisotopic (exact) mass is 546 g/mol. The third-order valence-electron chi connectivity index (χ3n) is 6.45. The lowest BCUT2D eigenvalue weighted by molar-refractivity contribution is -0.132. The third kappa shape index (κ3) is 14.9. The van der Waals surface area contributed by atoms with Crippen LogP contribution in [0.2, 0.25) is 0 Å². The second kappa shape index (κ2) is 21.2. The maximum absolute atomic E-state index is 12.6. The molecule has 2 rings (SSSR count). The molecule has 1 heterocycles. The molecule has 0 radical (unpaired) electrons. The standard InChI is InChI=1S/C20H29N3O4.C8H17N.C3H8/c1-14(2)18(23(4)19(26)11-21-13-25)10-15(3)20(27)22-17(12-24)16-8-6-5-7-9-16;1-8(2)9-6-4-3-5-7-9;1-3-2/h5-10,13-14,17-18,24H,11-12H2,1-4H3,(H,21,25)(H,22,27);8H,3-7H2,1-2H3;3H2,1-2H3/b15-10+;;/t17-,18+;;/m0../s1. The Kier molecular flexibility index (Phi) is 19.7. The fraction of sp³-hybridized carbons (Fsp3) is 0.645. The van der Waals surface area contributed by atoms with Crippen molar-refractivity contribution in [3.05, 3.63) is 47.5 Å². The summed E-state index contributed by atoms with van der Waals surface area (Å²) in [6.07, 6.45) is 7.74. The fourth-order valence-electron chi connectivity index (χ4n) is 4.13. The lowest BCUT2D eigenvalue weighted by Crippen LogP contribution is -2.44. The number of amides is 3. The number of likely N-dealkylation sites (N-methyl/N-ethyl adjacent to an activating group) is 1. The number of carbonyl (C=O) groups is 3. The lowest BCUT2D eigenvalue weighted by Gasteiger charge is -2.29. The molecule has 0 aliphatic carbocycles. The van der Waals surface area contributed by atoms with E-state index < -0.39 is 6.04 Å². The summed E-state index contributed by atoms with van der Waals surface area (Å²) in [5, 5.41) is 14.8. The Labute approximate surface area is 237 Å². The van der Waals surface area contributed by atoms with Crippen molar-refractivity contribution in [3.8, 4) is 0 Å². The van der Waals surface area contributed by atoms with Crippen molar-refractivity contribution >= 4 is 18.2 Å². The Balaban J connectivity index is 0.000000990. The summed E-state index contributed by atoms with van der Waals surface area (Å²) >= 11 is 0. The van der Waals surface area contributed by atoms with E-state index in [0.29, 0.717) is 12.0 Å². The predicted molar refractivity (Wildman–Crippen MR) is 160 cm³/mol. The van der Waals surface area contributed by atoms with Crippen molar-refractivity contribution in [2.45, 2.75) is 92.3 Å². The van der Waals surface area contributed by atoms with Gasteiger partial charge < -0.3 is 25.5 Å². The summed E-state index contributed by atoms with van der Waals surface area (Å²) < 4.78 is 0. The molecule has 1 fully saturated rings. The van der Waals surface area contributed by atoms with Crippen molar-refractivity contribution in [1.29, 1.82) is 0 Å². The van der Waals surface area contributed by atoms with E-state index in [0.717, 1.165) is 11.6 Å². The van der Waals surface area contributed by atoms with Crippen LogP contribution in [0.4, 0.5) is 0 Å². The van der Waals surface area contributed by atoms with Crippen molar-refractivity contribution < 1.29 is 19.5 Å². The zero-order valence-electron chi connectivity index (χ0n) is 25.6. The number of nitrogens with zero attached hydrogens (tertiary/aromatic N) is 2. The maximum atomic E-state index is 12.6. The van der Waals surface area contributed by atoms with Crippen LogP contribution in [0.5, 0.6) is 0 Å². The smallest absolute Gasteiger partial charge is 0.247 e. The first-order chi connectivity index (χ1) is 18.5. The van der Waals surface area contributed by atoms with Crippen LogP contribution in [0.25, 0.3) is 0 Å². The fourth-order valence-corrected chi connectivity index (χ4v) is 4.13. The van der Waals surface area contributed by atoms with Gasteiger partial charge >= 0.3 is 0 Å². The van der Waals surface area contributed by atoms with E-state index in [4.69, 9.17) is 0 Å². The van der Waals surface area contributed by atoms with E-state index in [-0.39, 0.29) is 36.9 Å². The Morgan fingerprint density at radius 2 is 1.62 bits per heavy atom. The van der Waals surface area contributed by atoms with Crippen molar-refractivity contribution in [1.82, 2.24) is 20.4 Å². The maximum Gasteiger partial charge on any atom is 0.247 e. The normalized spacial score (nSPS) is 15.2. The van der Waals surface area contributed by atoms with Gasteiger partial charge in [-0.1, -0.05) is 76.9 Å². The molecule has 1 aliphatic heterocycles. The number of rotatable bonds is 11. The number of hydrogen-bond donors (Lipinski definition) is 3. The summed E-state index contributed by atoms with van der Waals surface area (Å²) in [5.41, 5.74) is 1.26. The highest BCUT2D eigenvalue weighted by atomic mass is 16.3. The molecule has 2 atom stereocenters. The van der Waals surface area contributed by atoms with Crippen LogP contribution in [0.3, 0.4) is 0 Å². The first kappa shape index (κ1) is 36.3. The van der Waals surface area contributed by atoms with Gasteiger partial charge in [-0.15, -0.1) is 0 Å². The average molecular weight is 547 g/mol. The number of carbonyl (C=O) groups excluding carboxylic acids is 3. The van der Waals surface area contributed by atoms with Crippen LogP contribution in [0.15, 0.2) is 42.0 Å². The number of piperidine rings is 1. The number of hydrogen-bond acceptors (Lipinski definition) is 5. The zero-order chi connectivity index (χ0) is 29.8. The largest absolute Gasteiger partial charge is 0.394 e. The van der Waals surface area contributed by atoms with E-state index in [1.165, 1.54) is 43.7 Å².